The van der Waals surface area contributed by atoms with E-state index in [9.17, 15) is 8.42 Å². The van der Waals surface area contributed by atoms with Crippen LogP contribution in [-0.2, 0) is 10.0 Å². The van der Waals surface area contributed by atoms with Crippen LogP contribution in [0.5, 0.6) is 0 Å². The second-order valence-electron chi connectivity index (χ2n) is 5.03. The zero-order valence-corrected chi connectivity index (χ0v) is 13.7. The number of anilines is 1. The number of aryl methyl sites for hydroxylation is 2. The highest BCUT2D eigenvalue weighted by Crippen LogP contribution is 2.25. The number of sulfonamides is 1. The average Bonchev–Trinajstić information content (AvgIpc) is 2.22. The molecule has 1 aromatic carbocycles. The quantitative estimate of drug-likeness (QED) is 0.889. The van der Waals surface area contributed by atoms with Gasteiger partial charge in [0, 0.05) is 10.2 Å². The van der Waals surface area contributed by atoms with Gasteiger partial charge in [-0.2, -0.15) is 0 Å². The molecule has 0 radical (unpaired) electrons. The maximum absolute atomic E-state index is 11.9. The van der Waals surface area contributed by atoms with Gasteiger partial charge in [-0.3, -0.25) is 4.72 Å². The van der Waals surface area contributed by atoms with E-state index in [1.54, 1.807) is 0 Å². The number of hydrogen-bond donors (Lipinski definition) is 1. The molecule has 0 saturated carbocycles. The molecule has 0 amide bonds. The largest absolute Gasteiger partial charge is 0.284 e. The van der Waals surface area contributed by atoms with Crippen molar-refractivity contribution in [2.45, 2.75) is 34.1 Å². The van der Waals surface area contributed by atoms with Crippen molar-refractivity contribution in [3.05, 3.63) is 27.7 Å². The minimum absolute atomic E-state index is 0.166. The number of benzene rings is 1. The Balaban J connectivity index is 2.85. The van der Waals surface area contributed by atoms with E-state index in [4.69, 9.17) is 0 Å². The van der Waals surface area contributed by atoms with Crippen LogP contribution in [0.4, 0.5) is 5.69 Å². The maximum Gasteiger partial charge on any atom is 0.232 e. The van der Waals surface area contributed by atoms with E-state index < -0.39 is 10.0 Å². The van der Waals surface area contributed by atoms with Crippen molar-refractivity contribution in [3.8, 4) is 0 Å². The fourth-order valence-corrected chi connectivity index (χ4v) is 3.22. The second kappa shape index (κ2) is 6.06. The minimum Gasteiger partial charge on any atom is -0.284 e. The van der Waals surface area contributed by atoms with Gasteiger partial charge in [-0.15, -0.1) is 0 Å². The van der Waals surface area contributed by atoms with Crippen molar-refractivity contribution in [1.29, 1.82) is 0 Å². The molecule has 0 heterocycles. The maximum atomic E-state index is 11.9. The van der Waals surface area contributed by atoms with Crippen LogP contribution < -0.4 is 4.72 Å². The summed E-state index contributed by atoms with van der Waals surface area (Å²) in [7, 11) is -3.24. The minimum atomic E-state index is -3.24. The summed E-state index contributed by atoms with van der Waals surface area (Å²) < 4.78 is 27.4. The van der Waals surface area contributed by atoms with Crippen LogP contribution in [0.2, 0.25) is 0 Å². The lowest BCUT2D eigenvalue weighted by Crippen LogP contribution is -2.18. The average molecular weight is 334 g/mol. The Bertz CT molecular complexity index is 501. The Labute approximate surface area is 118 Å². The molecule has 0 atom stereocenters. The molecule has 0 aliphatic heterocycles. The van der Waals surface area contributed by atoms with Crippen molar-refractivity contribution >= 4 is 31.6 Å². The molecule has 0 aliphatic carbocycles. The number of hydrogen-bond acceptors (Lipinski definition) is 2. The third-order valence-electron chi connectivity index (χ3n) is 2.67. The van der Waals surface area contributed by atoms with E-state index in [1.807, 2.05) is 39.8 Å². The molecule has 0 aliphatic rings. The van der Waals surface area contributed by atoms with Gasteiger partial charge in [0.05, 0.1) is 5.75 Å². The third-order valence-corrected chi connectivity index (χ3v) is 5.24. The fraction of sp³-hybridized carbons (Fsp3) is 0.538. The smallest absolute Gasteiger partial charge is 0.232 e. The molecule has 1 rings (SSSR count). The van der Waals surface area contributed by atoms with Gasteiger partial charge in [0.2, 0.25) is 10.0 Å². The molecule has 1 N–H and O–H groups in total. The van der Waals surface area contributed by atoms with E-state index in [0.717, 1.165) is 15.6 Å². The highest BCUT2D eigenvalue weighted by Gasteiger charge is 2.12. The van der Waals surface area contributed by atoms with Crippen LogP contribution in [0.1, 0.15) is 31.4 Å². The summed E-state index contributed by atoms with van der Waals surface area (Å²) >= 11 is 3.47. The second-order valence-corrected chi connectivity index (χ2v) is 7.66. The van der Waals surface area contributed by atoms with Crippen LogP contribution in [0, 0.1) is 19.8 Å². The molecule has 0 spiro atoms. The summed E-state index contributed by atoms with van der Waals surface area (Å²) in [5, 5.41) is 0. The van der Waals surface area contributed by atoms with Crippen LogP contribution >= 0.6 is 15.9 Å². The van der Waals surface area contributed by atoms with E-state index in [-0.39, 0.29) is 5.75 Å². The van der Waals surface area contributed by atoms with Gasteiger partial charge >= 0.3 is 0 Å². The number of halogens is 1. The molecule has 0 aromatic heterocycles. The molecule has 0 saturated heterocycles. The summed E-state index contributed by atoms with van der Waals surface area (Å²) in [5.74, 6) is 0.550. The summed E-state index contributed by atoms with van der Waals surface area (Å²) in [6.45, 7) is 7.93. The Kier molecular flexibility index (Phi) is 5.22. The van der Waals surface area contributed by atoms with Crippen molar-refractivity contribution in [1.82, 2.24) is 0 Å². The molecular weight excluding hydrogens is 314 g/mol. The van der Waals surface area contributed by atoms with E-state index in [1.165, 1.54) is 0 Å². The van der Waals surface area contributed by atoms with Crippen molar-refractivity contribution < 1.29 is 8.42 Å². The van der Waals surface area contributed by atoms with Crippen molar-refractivity contribution in [2.75, 3.05) is 10.5 Å². The summed E-state index contributed by atoms with van der Waals surface area (Å²) in [6, 6.07) is 3.67. The molecule has 5 heteroatoms. The lowest BCUT2D eigenvalue weighted by molar-refractivity contribution is 0.578. The summed E-state index contributed by atoms with van der Waals surface area (Å²) in [5.41, 5.74) is 2.69. The van der Waals surface area contributed by atoms with Gasteiger partial charge in [0.25, 0.3) is 0 Å². The van der Waals surface area contributed by atoms with Gasteiger partial charge in [-0.25, -0.2) is 8.42 Å². The van der Waals surface area contributed by atoms with Gasteiger partial charge < -0.3 is 0 Å². The van der Waals surface area contributed by atoms with Crippen LogP contribution in [-0.4, -0.2) is 14.2 Å². The SMILES string of the molecule is Cc1cc(NS(=O)(=O)CCC(C)C)cc(C)c1Br. The molecule has 102 valence electrons. The van der Waals surface area contributed by atoms with Crippen LogP contribution in [0.3, 0.4) is 0 Å². The van der Waals surface area contributed by atoms with E-state index in [2.05, 4.69) is 20.7 Å². The zero-order valence-electron chi connectivity index (χ0n) is 11.2. The van der Waals surface area contributed by atoms with Gasteiger partial charge in [0.1, 0.15) is 0 Å². The molecule has 3 nitrogen and oxygen atoms in total. The van der Waals surface area contributed by atoms with Crippen molar-refractivity contribution in [2.24, 2.45) is 5.92 Å². The predicted molar refractivity (Wildman–Crippen MR) is 80.5 cm³/mol. The number of rotatable bonds is 5. The fourth-order valence-electron chi connectivity index (χ4n) is 1.63. The molecular formula is C13H20BrNO2S. The highest BCUT2D eigenvalue weighted by atomic mass is 79.9. The zero-order chi connectivity index (χ0) is 13.9. The first-order valence-electron chi connectivity index (χ1n) is 5.98. The lowest BCUT2D eigenvalue weighted by atomic mass is 10.1. The predicted octanol–water partition coefficient (Wildman–Crippen LogP) is 3.85. The van der Waals surface area contributed by atoms with Crippen LogP contribution in [0.25, 0.3) is 0 Å². The highest BCUT2D eigenvalue weighted by molar-refractivity contribution is 9.10. The van der Waals surface area contributed by atoms with Gasteiger partial charge in [0.15, 0.2) is 0 Å². The standard InChI is InChI=1S/C13H20BrNO2S/c1-9(2)5-6-18(16,17)15-12-7-10(3)13(14)11(4)8-12/h7-9,15H,5-6H2,1-4H3. The van der Waals surface area contributed by atoms with E-state index >= 15 is 0 Å². The Hall–Kier alpha value is -0.550. The molecule has 18 heavy (non-hydrogen) atoms. The monoisotopic (exact) mass is 333 g/mol. The van der Waals surface area contributed by atoms with Gasteiger partial charge in [-0.05, 0) is 49.4 Å². The van der Waals surface area contributed by atoms with Gasteiger partial charge in [-0.1, -0.05) is 29.8 Å². The first-order chi connectivity index (χ1) is 8.21. The molecule has 0 fully saturated rings. The Morgan fingerprint density at radius 2 is 1.72 bits per heavy atom. The molecule has 1 aromatic rings. The topological polar surface area (TPSA) is 46.2 Å². The Morgan fingerprint density at radius 1 is 1.22 bits per heavy atom. The lowest BCUT2D eigenvalue weighted by Gasteiger charge is -2.12. The van der Waals surface area contributed by atoms with E-state index in [0.29, 0.717) is 18.0 Å². The van der Waals surface area contributed by atoms with Crippen molar-refractivity contribution in [3.63, 3.8) is 0 Å². The summed E-state index contributed by atoms with van der Waals surface area (Å²) in [6.07, 6.45) is 0.670. The van der Waals surface area contributed by atoms with Crippen LogP contribution in [0.15, 0.2) is 16.6 Å². The summed E-state index contributed by atoms with van der Waals surface area (Å²) in [4.78, 5) is 0. The normalized spacial score (nSPS) is 11.9. The first-order valence-corrected chi connectivity index (χ1v) is 8.43. The first kappa shape index (κ1) is 15.5. The third kappa shape index (κ3) is 4.61. The molecule has 0 unspecified atom stereocenters. The molecule has 0 bridgehead atoms. The Morgan fingerprint density at radius 3 is 2.17 bits per heavy atom. The number of nitrogens with one attached hydrogen (secondary N) is 1.